The SMILES string of the molecule is CCCOc1c(Br)ccc2oc(C(=O)OCC)c(C)c12. The van der Waals surface area contributed by atoms with E-state index in [9.17, 15) is 4.79 Å². The van der Waals surface area contributed by atoms with E-state index in [2.05, 4.69) is 15.9 Å². The van der Waals surface area contributed by atoms with Gasteiger partial charge in [-0.3, -0.25) is 0 Å². The second-order valence-corrected chi connectivity index (χ2v) is 5.23. The van der Waals surface area contributed by atoms with Gasteiger partial charge in [0.25, 0.3) is 0 Å². The lowest BCUT2D eigenvalue weighted by Crippen LogP contribution is -2.04. The van der Waals surface area contributed by atoms with Crippen molar-refractivity contribution in [3.05, 3.63) is 27.9 Å². The van der Waals surface area contributed by atoms with Crippen molar-refractivity contribution in [1.29, 1.82) is 0 Å². The molecule has 0 saturated heterocycles. The Labute approximate surface area is 126 Å². The number of esters is 1. The van der Waals surface area contributed by atoms with E-state index < -0.39 is 5.97 Å². The van der Waals surface area contributed by atoms with Crippen LogP contribution in [0.5, 0.6) is 5.75 Å². The minimum absolute atomic E-state index is 0.237. The van der Waals surface area contributed by atoms with E-state index in [1.54, 1.807) is 6.92 Å². The number of aryl methyl sites for hydroxylation is 1. The Morgan fingerprint density at radius 2 is 2.10 bits per heavy atom. The summed E-state index contributed by atoms with van der Waals surface area (Å²) in [6.07, 6.45) is 0.907. The molecule has 1 heterocycles. The molecule has 0 spiro atoms. The molecule has 1 aromatic carbocycles. The van der Waals surface area contributed by atoms with Crippen molar-refractivity contribution in [1.82, 2.24) is 0 Å². The molecular weight excluding hydrogens is 324 g/mol. The van der Waals surface area contributed by atoms with Crippen molar-refractivity contribution in [2.75, 3.05) is 13.2 Å². The van der Waals surface area contributed by atoms with Crippen LogP contribution in [0.25, 0.3) is 11.0 Å². The molecule has 0 aliphatic rings. The zero-order chi connectivity index (χ0) is 14.7. The Morgan fingerprint density at radius 1 is 1.35 bits per heavy atom. The van der Waals surface area contributed by atoms with Gasteiger partial charge in [0.1, 0.15) is 11.3 Å². The van der Waals surface area contributed by atoms with Crippen molar-refractivity contribution < 1.29 is 18.7 Å². The summed E-state index contributed by atoms with van der Waals surface area (Å²) in [5, 5.41) is 0.816. The van der Waals surface area contributed by atoms with Crippen LogP contribution in [0.3, 0.4) is 0 Å². The van der Waals surface area contributed by atoms with Gasteiger partial charge in [-0.25, -0.2) is 4.79 Å². The van der Waals surface area contributed by atoms with Crippen LogP contribution in [0, 0.1) is 6.92 Å². The van der Waals surface area contributed by atoms with E-state index in [1.807, 2.05) is 26.0 Å². The molecule has 0 saturated carbocycles. The lowest BCUT2D eigenvalue weighted by Gasteiger charge is -2.08. The fourth-order valence-electron chi connectivity index (χ4n) is 2.02. The zero-order valence-corrected chi connectivity index (χ0v) is 13.4. The molecule has 4 nitrogen and oxygen atoms in total. The third kappa shape index (κ3) is 2.68. The maximum absolute atomic E-state index is 11.9. The summed E-state index contributed by atoms with van der Waals surface area (Å²) in [4.78, 5) is 11.9. The number of fused-ring (bicyclic) bond motifs is 1. The molecule has 0 fully saturated rings. The third-order valence-electron chi connectivity index (χ3n) is 2.91. The maximum atomic E-state index is 11.9. The Kier molecular flexibility index (Phi) is 4.70. The second-order valence-electron chi connectivity index (χ2n) is 4.37. The van der Waals surface area contributed by atoms with Crippen LogP contribution in [0.2, 0.25) is 0 Å². The standard InChI is InChI=1S/C15H17BrO4/c1-4-8-19-14-10(16)6-7-11-12(14)9(3)13(20-11)15(17)18-5-2/h6-7H,4-5,8H2,1-3H3. The summed E-state index contributed by atoms with van der Waals surface area (Å²) < 4.78 is 17.2. The minimum Gasteiger partial charge on any atom is -0.492 e. The normalized spacial score (nSPS) is 10.8. The van der Waals surface area contributed by atoms with Gasteiger partial charge in [0, 0.05) is 5.56 Å². The molecule has 20 heavy (non-hydrogen) atoms. The zero-order valence-electron chi connectivity index (χ0n) is 11.8. The molecule has 1 aromatic heterocycles. The first-order chi connectivity index (χ1) is 9.60. The van der Waals surface area contributed by atoms with Gasteiger partial charge >= 0.3 is 5.97 Å². The summed E-state index contributed by atoms with van der Waals surface area (Å²) in [7, 11) is 0. The largest absolute Gasteiger partial charge is 0.492 e. The van der Waals surface area contributed by atoms with Gasteiger partial charge in [-0.2, -0.15) is 0 Å². The predicted octanol–water partition coefficient (Wildman–Crippen LogP) is 4.47. The van der Waals surface area contributed by atoms with Crippen LogP contribution < -0.4 is 4.74 Å². The number of hydrogen-bond donors (Lipinski definition) is 0. The molecule has 2 aromatic rings. The number of rotatable bonds is 5. The first-order valence-electron chi connectivity index (χ1n) is 6.61. The molecule has 0 atom stereocenters. The van der Waals surface area contributed by atoms with Gasteiger partial charge in [0.05, 0.1) is 23.1 Å². The van der Waals surface area contributed by atoms with Crippen molar-refractivity contribution in [2.24, 2.45) is 0 Å². The average molecular weight is 341 g/mol. The topological polar surface area (TPSA) is 48.7 Å². The summed E-state index contributed by atoms with van der Waals surface area (Å²) in [6.45, 7) is 6.57. The number of hydrogen-bond acceptors (Lipinski definition) is 4. The number of furan rings is 1. The molecular formula is C15H17BrO4. The minimum atomic E-state index is -0.446. The quantitative estimate of drug-likeness (QED) is 0.753. The third-order valence-corrected chi connectivity index (χ3v) is 3.53. The highest BCUT2D eigenvalue weighted by atomic mass is 79.9. The van der Waals surface area contributed by atoms with E-state index in [0.29, 0.717) is 24.5 Å². The molecule has 2 rings (SSSR count). The molecule has 0 N–H and O–H groups in total. The Balaban J connectivity index is 2.56. The van der Waals surface area contributed by atoms with Crippen LogP contribution in [0.4, 0.5) is 0 Å². The Morgan fingerprint density at radius 3 is 2.75 bits per heavy atom. The van der Waals surface area contributed by atoms with Gasteiger partial charge < -0.3 is 13.9 Å². The van der Waals surface area contributed by atoms with Crippen LogP contribution in [-0.4, -0.2) is 19.2 Å². The lowest BCUT2D eigenvalue weighted by atomic mass is 10.1. The van der Waals surface area contributed by atoms with Gasteiger partial charge in [0.15, 0.2) is 0 Å². The predicted molar refractivity (Wildman–Crippen MR) is 80.4 cm³/mol. The number of benzene rings is 1. The Hall–Kier alpha value is -1.49. The van der Waals surface area contributed by atoms with Crippen molar-refractivity contribution in [3.8, 4) is 5.75 Å². The van der Waals surface area contributed by atoms with Crippen molar-refractivity contribution >= 4 is 32.9 Å². The molecule has 0 bridgehead atoms. The van der Waals surface area contributed by atoms with Crippen molar-refractivity contribution in [3.63, 3.8) is 0 Å². The number of carbonyl (C=O) groups is 1. The molecule has 0 aliphatic heterocycles. The van der Waals surface area contributed by atoms with Crippen molar-refractivity contribution in [2.45, 2.75) is 27.2 Å². The van der Waals surface area contributed by atoms with E-state index in [1.165, 1.54) is 0 Å². The summed E-state index contributed by atoms with van der Waals surface area (Å²) >= 11 is 3.48. The fourth-order valence-corrected chi connectivity index (χ4v) is 2.46. The lowest BCUT2D eigenvalue weighted by molar-refractivity contribution is 0.0491. The van der Waals surface area contributed by atoms with E-state index in [0.717, 1.165) is 21.8 Å². The van der Waals surface area contributed by atoms with E-state index >= 15 is 0 Å². The first-order valence-corrected chi connectivity index (χ1v) is 7.40. The molecule has 0 amide bonds. The molecule has 5 heteroatoms. The Bertz CT molecular complexity index is 630. The number of carbonyl (C=O) groups excluding carboxylic acids is 1. The molecule has 108 valence electrons. The van der Waals surface area contributed by atoms with Gasteiger partial charge in [-0.15, -0.1) is 0 Å². The highest BCUT2D eigenvalue weighted by Crippen LogP contribution is 2.38. The molecule has 0 radical (unpaired) electrons. The molecule has 0 unspecified atom stereocenters. The first kappa shape index (κ1) is 14.9. The van der Waals surface area contributed by atoms with Crippen LogP contribution in [-0.2, 0) is 4.74 Å². The van der Waals surface area contributed by atoms with Gasteiger partial charge in [-0.1, -0.05) is 6.92 Å². The fraction of sp³-hybridized carbons (Fsp3) is 0.400. The average Bonchev–Trinajstić information content (AvgIpc) is 2.76. The monoisotopic (exact) mass is 340 g/mol. The summed E-state index contributed by atoms with van der Waals surface area (Å²) in [6, 6.07) is 3.67. The highest BCUT2D eigenvalue weighted by molar-refractivity contribution is 9.10. The van der Waals surface area contributed by atoms with Gasteiger partial charge in [0.2, 0.25) is 5.76 Å². The highest BCUT2D eigenvalue weighted by Gasteiger charge is 2.22. The van der Waals surface area contributed by atoms with Crippen LogP contribution >= 0.6 is 15.9 Å². The maximum Gasteiger partial charge on any atom is 0.374 e. The number of ether oxygens (including phenoxy) is 2. The van der Waals surface area contributed by atoms with Crippen LogP contribution in [0.15, 0.2) is 21.0 Å². The summed E-state index contributed by atoms with van der Waals surface area (Å²) in [5.41, 5.74) is 1.37. The van der Waals surface area contributed by atoms with E-state index in [-0.39, 0.29) is 5.76 Å². The van der Waals surface area contributed by atoms with E-state index in [4.69, 9.17) is 13.9 Å². The summed E-state index contributed by atoms with van der Waals surface area (Å²) in [5.74, 6) is 0.501. The van der Waals surface area contributed by atoms with Crippen LogP contribution in [0.1, 0.15) is 36.4 Å². The van der Waals surface area contributed by atoms with Gasteiger partial charge in [-0.05, 0) is 48.3 Å². The second kappa shape index (κ2) is 6.31. The smallest absolute Gasteiger partial charge is 0.374 e. The number of halogens is 1. The molecule has 0 aliphatic carbocycles.